The number of benzene rings is 1. The molecule has 0 atom stereocenters. The maximum Gasteiger partial charge on any atom is 0.243 e. The van der Waals surface area contributed by atoms with Crippen molar-refractivity contribution in [3.05, 3.63) is 42.1 Å². The van der Waals surface area contributed by atoms with E-state index in [1.807, 2.05) is 22.9 Å². The Morgan fingerprint density at radius 2 is 1.81 bits per heavy atom. The quantitative estimate of drug-likeness (QED) is 0.589. The van der Waals surface area contributed by atoms with Crippen molar-refractivity contribution in [2.24, 2.45) is 0 Å². The zero-order valence-corrected chi connectivity index (χ0v) is 19.7. The molecule has 2 aliphatic rings. The number of fused-ring (bicyclic) bond motifs is 1. The molecule has 32 heavy (non-hydrogen) atoms. The van der Waals surface area contributed by atoms with Gasteiger partial charge in [-0.1, -0.05) is 24.5 Å². The summed E-state index contributed by atoms with van der Waals surface area (Å²) in [6.45, 7) is 2.49. The lowest BCUT2D eigenvalue weighted by atomic mass is 9.97. The van der Waals surface area contributed by atoms with Crippen molar-refractivity contribution in [2.45, 2.75) is 75.6 Å². The van der Waals surface area contributed by atoms with E-state index in [2.05, 4.69) is 11.4 Å². The van der Waals surface area contributed by atoms with E-state index < -0.39 is 10.0 Å². The number of rotatable bonds is 8. The third-order valence-electron chi connectivity index (χ3n) is 6.68. The van der Waals surface area contributed by atoms with Crippen LogP contribution in [0.3, 0.4) is 0 Å². The van der Waals surface area contributed by atoms with Gasteiger partial charge in [-0.15, -0.1) is 0 Å². The Bertz CT molecular complexity index is 1060. The number of nitrogens with zero attached hydrogens (tertiary/aromatic N) is 2. The molecule has 0 saturated carbocycles. The number of aryl methyl sites for hydroxylation is 1. The Kier molecular flexibility index (Phi) is 7.68. The SMILES string of the molecule is O=C(CCn1ccc2cc(S(=O)(=O)N3CCCCCC3)ccc21)NCCC1=CCCCC1. The van der Waals surface area contributed by atoms with Gasteiger partial charge in [0.05, 0.1) is 4.90 Å². The number of hydrogen-bond donors (Lipinski definition) is 1. The van der Waals surface area contributed by atoms with Gasteiger partial charge in [0.1, 0.15) is 0 Å². The molecule has 1 amide bonds. The molecule has 0 unspecified atom stereocenters. The van der Waals surface area contributed by atoms with E-state index >= 15 is 0 Å². The molecule has 6 nitrogen and oxygen atoms in total. The molecule has 1 aliphatic carbocycles. The van der Waals surface area contributed by atoms with E-state index in [0.29, 0.717) is 37.5 Å². The van der Waals surface area contributed by atoms with Gasteiger partial charge in [-0.25, -0.2) is 8.42 Å². The van der Waals surface area contributed by atoms with Crippen LogP contribution in [0.15, 0.2) is 47.0 Å². The second-order valence-electron chi connectivity index (χ2n) is 9.01. The van der Waals surface area contributed by atoms with Gasteiger partial charge >= 0.3 is 0 Å². The minimum atomic E-state index is -3.46. The average Bonchev–Trinajstić information content (AvgIpc) is 3.00. The molecule has 0 radical (unpaired) electrons. The first-order valence-electron chi connectivity index (χ1n) is 12.1. The van der Waals surface area contributed by atoms with Crippen LogP contribution >= 0.6 is 0 Å². The van der Waals surface area contributed by atoms with E-state index in [1.54, 1.807) is 16.4 Å². The predicted molar refractivity (Wildman–Crippen MR) is 128 cm³/mol. The Morgan fingerprint density at radius 1 is 1.00 bits per heavy atom. The molecule has 2 heterocycles. The summed E-state index contributed by atoms with van der Waals surface area (Å²) >= 11 is 0. The van der Waals surface area contributed by atoms with Crippen molar-refractivity contribution < 1.29 is 13.2 Å². The maximum atomic E-state index is 13.1. The van der Waals surface area contributed by atoms with Crippen LogP contribution in [0, 0.1) is 0 Å². The number of aromatic nitrogens is 1. The van der Waals surface area contributed by atoms with Gasteiger partial charge < -0.3 is 9.88 Å². The summed E-state index contributed by atoms with van der Waals surface area (Å²) in [4.78, 5) is 12.6. The molecule has 4 rings (SSSR count). The van der Waals surface area contributed by atoms with E-state index in [1.165, 1.54) is 31.3 Å². The summed E-state index contributed by atoms with van der Waals surface area (Å²) in [6, 6.07) is 7.28. The van der Waals surface area contributed by atoms with Crippen molar-refractivity contribution >= 4 is 26.8 Å². The molecule has 1 aromatic heterocycles. The first kappa shape index (κ1) is 23.1. The fourth-order valence-electron chi connectivity index (χ4n) is 4.77. The van der Waals surface area contributed by atoms with Crippen LogP contribution in [0.1, 0.15) is 64.2 Å². The van der Waals surface area contributed by atoms with Crippen molar-refractivity contribution in [2.75, 3.05) is 19.6 Å². The second-order valence-corrected chi connectivity index (χ2v) is 10.9. The molecule has 0 spiro atoms. The van der Waals surface area contributed by atoms with Crippen molar-refractivity contribution in [1.82, 2.24) is 14.2 Å². The fraction of sp³-hybridized carbons (Fsp3) is 0.560. The molecule has 7 heteroatoms. The Morgan fingerprint density at radius 3 is 2.56 bits per heavy atom. The lowest BCUT2D eigenvalue weighted by Gasteiger charge is -2.20. The molecular weight excluding hydrogens is 422 g/mol. The van der Waals surface area contributed by atoms with Crippen molar-refractivity contribution in [1.29, 1.82) is 0 Å². The first-order chi connectivity index (χ1) is 15.5. The third kappa shape index (κ3) is 5.62. The van der Waals surface area contributed by atoms with Crippen LogP contribution in [0.4, 0.5) is 0 Å². The molecular formula is C25H35N3O3S. The Labute approximate surface area is 191 Å². The van der Waals surface area contributed by atoms with E-state index in [4.69, 9.17) is 0 Å². The minimum absolute atomic E-state index is 0.0589. The zero-order chi connectivity index (χ0) is 22.4. The van der Waals surface area contributed by atoms with Gasteiger partial charge in [-0.3, -0.25) is 4.79 Å². The van der Waals surface area contributed by atoms with E-state index in [9.17, 15) is 13.2 Å². The van der Waals surface area contributed by atoms with Gasteiger partial charge in [-0.2, -0.15) is 4.31 Å². The standard InChI is InChI=1S/C25H35N3O3S/c29-25(26-15-12-21-8-4-3-5-9-21)14-19-27-18-13-22-20-23(10-11-24(22)27)32(30,31)28-16-6-1-2-7-17-28/h8,10-11,13,18,20H,1-7,9,12,14-17,19H2,(H,26,29). The zero-order valence-electron chi connectivity index (χ0n) is 18.9. The highest BCUT2D eigenvalue weighted by atomic mass is 32.2. The van der Waals surface area contributed by atoms with Crippen molar-refractivity contribution in [3.8, 4) is 0 Å². The number of carbonyl (C=O) groups is 1. The summed E-state index contributed by atoms with van der Waals surface area (Å²) < 4.78 is 29.8. The smallest absolute Gasteiger partial charge is 0.243 e. The molecule has 1 N–H and O–H groups in total. The van der Waals surface area contributed by atoms with Crippen LogP contribution in [0.25, 0.3) is 10.9 Å². The van der Waals surface area contributed by atoms with Crippen LogP contribution in [0.2, 0.25) is 0 Å². The summed E-state index contributed by atoms with van der Waals surface area (Å²) in [5, 5.41) is 3.93. The summed E-state index contributed by atoms with van der Waals surface area (Å²) in [6.07, 6.45) is 14.6. The summed E-state index contributed by atoms with van der Waals surface area (Å²) in [7, 11) is -3.46. The maximum absolute atomic E-state index is 13.1. The number of sulfonamides is 1. The summed E-state index contributed by atoms with van der Waals surface area (Å²) in [5.74, 6) is 0.0589. The lowest BCUT2D eigenvalue weighted by molar-refractivity contribution is -0.121. The Balaban J connectivity index is 1.34. The van der Waals surface area contributed by atoms with Crippen molar-refractivity contribution in [3.63, 3.8) is 0 Å². The van der Waals surface area contributed by atoms with Crippen LogP contribution in [0.5, 0.6) is 0 Å². The fourth-order valence-corrected chi connectivity index (χ4v) is 6.32. The molecule has 0 bridgehead atoms. The van der Waals surface area contributed by atoms with Crippen LogP contribution < -0.4 is 5.32 Å². The molecule has 1 fully saturated rings. The Hall–Kier alpha value is -2.12. The highest BCUT2D eigenvalue weighted by Crippen LogP contribution is 2.25. The van der Waals surface area contributed by atoms with Gasteiger partial charge in [0.2, 0.25) is 15.9 Å². The molecule has 174 valence electrons. The monoisotopic (exact) mass is 457 g/mol. The number of nitrogens with one attached hydrogen (secondary N) is 1. The number of hydrogen-bond acceptors (Lipinski definition) is 3. The average molecular weight is 458 g/mol. The molecule has 2 aromatic rings. The van der Waals surface area contributed by atoms with E-state index in [-0.39, 0.29) is 5.91 Å². The summed E-state index contributed by atoms with van der Waals surface area (Å²) in [5.41, 5.74) is 2.43. The number of amides is 1. The van der Waals surface area contributed by atoms with Gasteiger partial charge in [0.15, 0.2) is 0 Å². The predicted octanol–water partition coefficient (Wildman–Crippen LogP) is 4.60. The van der Waals surface area contributed by atoms with Crippen LogP contribution in [-0.2, 0) is 21.4 Å². The molecule has 1 saturated heterocycles. The topological polar surface area (TPSA) is 71.4 Å². The molecule has 1 aromatic carbocycles. The minimum Gasteiger partial charge on any atom is -0.356 e. The second kappa shape index (κ2) is 10.7. The normalized spacial score (nSPS) is 18.3. The lowest BCUT2D eigenvalue weighted by Crippen LogP contribution is -2.31. The highest BCUT2D eigenvalue weighted by Gasteiger charge is 2.25. The third-order valence-corrected chi connectivity index (χ3v) is 8.57. The highest BCUT2D eigenvalue weighted by molar-refractivity contribution is 7.89. The van der Waals surface area contributed by atoms with Gasteiger partial charge in [-0.05, 0) is 69.2 Å². The largest absolute Gasteiger partial charge is 0.356 e. The number of carbonyl (C=O) groups excluding carboxylic acids is 1. The first-order valence-corrected chi connectivity index (χ1v) is 13.5. The molecule has 1 aliphatic heterocycles. The van der Waals surface area contributed by atoms with Gasteiger partial charge in [0.25, 0.3) is 0 Å². The van der Waals surface area contributed by atoms with Crippen LogP contribution in [-0.4, -0.2) is 42.8 Å². The van der Waals surface area contributed by atoms with Gasteiger partial charge in [0, 0.05) is 49.7 Å². The van der Waals surface area contributed by atoms with E-state index in [0.717, 1.165) is 43.0 Å². The number of allylic oxidation sites excluding steroid dienone is 1.